The number of likely N-dealkylation sites (tertiary alicyclic amines) is 1. The van der Waals surface area contributed by atoms with E-state index in [0.717, 1.165) is 24.9 Å². The Labute approximate surface area is 145 Å². The van der Waals surface area contributed by atoms with Gasteiger partial charge in [-0.15, -0.1) is 10.2 Å². The average molecular weight is 334 g/mol. The molecule has 1 fully saturated rings. The smallest absolute Gasteiger partial charge is 0.253 e. The lowest BCUT2D eigenvalue weighted by molar-refractivity contribution is 0.0698. The zero-order valence-corrected chi connectivity index (χ0v) is 13.7. The van der Waals surface area contributed by atoms with Gasteiger partial charge in [0, 0.05) is 31.0 Å². The molecule has 0 N–H and O–H groups in total. The van der Waals surface area contributed by atoms with E-state index in [1.54, 1.807) is 12.4 Å². The van der Waals surface area contributed by atoms with Crippen LogP contribution in [0.4, 0.5) is 0 Å². The van der Waals surface area contributed by atoms with Gasteiger partial charge in [-0.25, -0.2) is 0 Å². The Morgan fingerprint density at radius 2 is 2.00 bits per heavy atom. The zero-order valence-electron chi connectivity index (χ0n) is 13.7. The minimum absolute atomic E-state index is 0.0531. The van der Waals surface area contributed by atoms with Crippen molar-refractivity contribution in [1.29, 1.82) is 0 Å². The second kappa shape index (κ2) is 6.84. The molecule has 1 amide bonds. The van der Waals surface area contributed by atoms with Crippen molar-refractivity contribution in [1.82, 2.24) is 20.1 Å². The Morgan fingerprint density at radius 1 is 1.12 bits per heavy atom. The third kappa shape index (κ3) is 3.28. The number of amides is 1. The molecule has 1 aliphatic heterocycles. The summed E-state index contributed by atoms with van der Waals surface area (Å²) in [5.74, 6) is 1.18. The van der Waals surface area contributed by atoms with Crippen LogP contribution in [0.15, 0.2) is 59.3 Å². The van der Waals surface area contributed by atoms with E-state index in [2.05, 4.69) is 15.2 Å². The summed E-state index contributed by atoms with van der Waals surface area (Å²) >= 11 is 0. The lowest BCUT2D eigenvalue weighted by Gasteiger charge is -2.31. The molecule has 1 aliphatic rings. The molecule has 0 spiro atoms. The number of benzene rings is 1. The lowest BCUT2D eigenvalue weighted by Crippen LogP contribution is -2.39. The zero-order chi connectivity index (χ0) is 17.1. The maximum atomic E-state index is 12.7. The first-order valence-electron chi connectivity index (χ1n) is 8.39. The number of carbonyl (C=O) groups excluding carboxylic acids is 1. The van der Waals surface area contributed by atoms with Crippen molar-refractivity contribution in [3.63, 3.8) is 0 Å². The maximum absolute atomic E-state index is 12.7. The molecule has 4 rings (SSSR count). The predicted molar refractivity (Wildman–Crippen MR) is 91.8 cm³/mol. The molecule has 25 heavy (non-hydrogen) atoms. The van der Waals surface area contributed by atoms with E-state index in [1.165, 1.54) is 0 Å². The summed E-state index contributed by atoms with van der Waals surface area (Å²) in [7, 11) is 0. The molecule has 3 heterocycles. The van der Waals surface area contributed by atoms with Crippen LogP contribution in [-0.4, -0.2) is 39.1 Å². The highest BCUT2D eigenvalue weighted by atomic mass is 16.4. The molecule has 3 aromatic rings. The molecule has 1 saturated heterocycles. The van der Waals surface area contributed by atoms with Gasteiger partial charge >= 0.3 is 0 Å². The van der Waals surface area contributed by atoms with Gasteiger partial charge in [0.15, 0.2) is 0 Å². The molecule has 0 radical (unpaired) electrons. The number of piperidine rings is 1. The highest BCUT2D eigenvalue weighted by Gasteiger charge is 2.29. The summed E-state index contributed by atoms with van der Waals surface area (Å²) in [5.41, 5.74) is 1.51. The fourth-order valence-corrected chi connectivity index (χ4v) is 3.13. The largest absolute Gasteiger partial charge is 0.420 e. The Morgan fingerprint density at radius 3 is 2.80 bits per heavy atom. The summed E-state index contributed by atoms with van der Waals surface area (Å²) in [5, 5.41) is 8.33. The summed E-state index contributed by atoms with van der Waals surface area (Å²) in [6.45, 7) is 1.36. The Balaban J connectivity index is 1.50. The third-order valence-corrected chi connectivity index (χ3v) is 4.43. The molecule has 0 bridgehead atoms. The maximum Gasteiger partial charge on any atom is 0.253 e. The van der Waals surface area contributed by atoms with E-state index in [0.29, 0.717) is 23.9 Å². The van der Waals surface area contributed by atoms with Crippen molar-refractivity contribution in [2.45, 2.75) is 18.8 Å². The van der Waals surface area contributed by atoms with E-state index < -0.39 is 0 Å². The molecular weight excluding hydrogens is 316 g/mol. The number of nitrogens with zero attached hydrogens (tertiary/aromatic N) is 4. The van der Waals surface area contributed by atoms with Gasteiger partial charge < -0.3 is 9.32 Å². The summed E-state index contributed by atoms with van der Waals surface area (Å²) < 4.78 is 5.84. The van der Waals surface area contributed by atoms with Crippen molar-refractivity contribution in [3.05, 3.63) is 66.3 Å². The molecule has 1 aromatic carbocycles. The summed E-state index contributed by atoms with van der Waals surface area (Å²) in [6, 6.07) is 13.1. The van der Waals surface area contributed by atoms with Crippen molar-refractivity contribution in [3.8, 4) is 11.5 Å². The summed E-state index contributed by atoms with van der Waals surface area (Å²) in [4.78, 5) is 18.6. The fourth-order valence-electron chi connectivity index (χ4n) is 3.13. The summed E-state index contributed by atoms with van der Waals surface area (Å²) in [6.07, 6.45) is 5.26. The van der Waals surface area contributed by atoms with Crippen molar-refractivity contribution in [2.24, 2.45) is 0 Å². The van der Waals surface area contributed by atoms with Crippen LogP contribution in [0.25, 0.3) is 11.5 Å². The highest BCUT2D eigenvalue weighted by molar-refractivity contribution is 5.94. The van der Waals surface area contributed by atoms with Gasteiger partial charge in [-0.2, -0.15) is 0 Å². The van der Waals surface area contributed by atoms with E-state index in [9.17, 15) is 4.79 Å². The number of hydrogen-bond donors (Lipinski definition) is 0. The average Bonchev–Trinajstić information content (AvgIpc) is 3.19. The minimum Gasteiger partial charge on any atom is -0.420 e. The van der Waals surface area contributed by atoms with Crippen LogP contribution in [-0.2, 0) is 0 Å². The van der Waals surface area contributed by atoms with Crippen LogP contribution in [0, 0.1) is 0 Å². The molecule has 2 aromatic heterocycles. The lowest BCUT2D eigenvalue weighted by atomic mass is 9.97. The van der Waals surface area contributed by atoms with E-state index in [1.807, 2.05) is 47.4 Å². The third-order valence-electron chi connectivity index (χ3n) is 4.43. The van der Waals surface area contributed by atoms with Gasteiger partial charge in [-0.3, -0.25) is 9.78 Å². The quantitative estimate of drug-likeness (QED) is 0.736. The minimum atomic E-state index is 0.0531. The molecular formula is C19H18N4O2. The van der Waals surface area contributed by atoms with E-state index in [4.69, 9.17) is 4.42 Å². The predicted octanol–water partition coefficient (Wildman–Crippen LogP) is 3.15. The molecule has 126 valence electrons. The van der Waals surface area contributed by atoms with Gasteiger partial charge in [-0.05, 0) is 37.1 Å². The molecule has 6 heteroatoms. The Bertz CT molecular complexity index is 848. The molecule has 1 atom stereocenters. The van der Waals surface area contributed by atoms with Gasteiger partial charge in [-0.1, -0.05) is 18.2 Å². The number of pyridine rings is 1. The second-order valence-corrected chi connectivity index (χ2v) is 6.14. The van der Waals surface area contributed by atoms with Gasteiger partial charge in [0.2, 0.25) is 11.8 Å². The second-order valence-electron chi connectivity index (χ2n) is 6.14. The van der Waals surface area contributed by atoms with Crippen LogP contribution < -0.4 is 0 Å². The first kappa shape index (κ1) is 15.5. The van der Waals surface area contributed by atoms with E-state index >= 15 is 0 Å². The normalized spacial score (nSPS) is 17.4. The van der Waals surface area contributed by atoms with Crippen LogP contribution in [0.3, 0.4) is 0 Å². The topological polar surface area (TPSA) is 72.1 Å². The van der Waals surface area contributed by atoms with Crippen LogP contribution >= 0.6 is 0 Å². The monoisotopic (exact) mass is 334 g/mol. The SMILES string of the molecule is O=C(c1ccccc1)N1CCC[C@@H](c2nnc(-c3cccnc3)o2)C1. The molecule has 0 aliphatic carbocycles. The van der Waals surface area contributed by atoms with Crippen LogP contribution in [0.1, 0.15) is 35.0 Å². The molecule has 6 nitrogen and oxygen atoms in total. The fraction of sp³-hybridized carbons (Fsp3) is 0.263. The van der Waals surface area contributed by atoms with Crippen LogP contribution in [0.5, 0.6) is 0 Å². The number of hydrogen-bond acceptors (Lipinski definition) is 5. The molecule has 0 saturated carbocycles. The van der Waals surface area contributed by atoms with Gasteiger partial charge in [0.1, 0.15) is 0 Å². The van der Waals surface area contributed by atoms with Crippen LogP contribution in [0.2, 0.25) is 0 Å². The van der Waals surface area contributed by atoms with Crippen molar-refractivity contribution >= 4 is 5.91 Å². The van der Waals surface area contributed by atoms with Gasteiger partial charge in [0.25, 0.3) is 5.91 Å². The van der Waals surface area contributed by atoms with Crippen molar-refractivity contribution in [2.75, 3.05) is 13.1 Å². The highest BCUT2D eigenvalue weighted by Crippen LogP contribution is 2.28. The number of carbonyl (C=O) groups is 1. The first-order chi connectivity index (χ1) is 12.3. The van der Waals surface area contributed by atoms with Crippen molar-refractivity contribution < 1.29 is 9.21 Å². The first-order valence-corrected chi connectivity index (χ1v) is 8.39. The standard InChI is InChI=1S/C19H18N4O2/c24-19(14-6-2-1-3-7-14)23-11-5-9-16(13-23)18-22-21-17(25-18)15-8-4-10-20-12-15/h1-4,6-8,10,12,16H,5,9,11,13H2/t16-/m1/s1. The Hall–Kier alpha value is -3.02. The molecule has 0 unspecified atom stereocenters. The number of rotatable bonds is 3. The van der Waals surface area contributed by atoms with E-state index in [-0.39, 0.29) is 11.8 Å². The number of aromatic nitrogens is 3. The Kier molecular flexibility index (Phi) is 4.24. The van der Waals surface area contributed by atoms with Gasteiger partial charge in [0.05, 0.1) is 11.5 Å².